The molecular formula is C15H18BrN3O4S. The second-order valence-corrected chi connectivity index (χ2v) is 6.71. The van der Waals surface area contributed by atoms with E-state index in [1.54, 1.807) is 20.0 Å². The molecule has 1 aliphatic heterocycles. The molecule has 0 aliphatic carbocycles. The fourth-order valence-corrected chi connectivity index (χ4v) is 2.96. The van der Waals surface area contributed by atoms with E-state index in [9.17, 15) is 9.59 Å². The van der Waals surface area contributed by atoms with Crippen molar-refractivity contribution in [1.29, 1.82) is 0 Å². The minimum Gasteiger partial charge on any atom is -0.460 e. The fraction of sp³-hybridized carbons (Fsp3) is 0.467. The number of rotatable bonds is 6. The summed E-state index contributed by atoms with van der Waals surface area (Å²) in [5, 5.41) is 6.10. The molecule has 1 aromatic heterocycles. The van der Waals surface area contributed by atoms with Gasteiger partial charge in [-0.05, 0) is 20.8 Å². The highest BCUT2D eigenvalue weighted by Crippen LogP contribution is 2.17. The first-order valence-electron chi connectivity index (χ1n) is 7.33. The maximum atomic E-state index is 12.3. The molecular weight excluding hydrogens is 398 g/mol. The van der Waals surface area contributed by atoms with Crippen molar-refractivity contribution in [2.45, 2.75) is 33.0 Å². The first kappa shape index (κ1) is 18.6. The predicted molar refractivity (Wildman–Crippen MR) is 94.3 cm³/mol. The highest BCUT2D eigenvalue weighted by atomic mass is 79.9. The molecule has 1 aromatic rings. The van der Waals surface area contributed by atoms with Gasteiger partial charge in [-0.1, -0.05) is 15.9 Å². The third kappa shape index (κ3) is 4.64. The summed E-state index contributed by atoms with van der Waals surface area (Å²) < 4.78 is 10.2. The number of alkyl halides is 1. The van der Waals surface area contributed by atoms with E-state index >= 15 is 0 Å². The molecule has 2 rings (SSSR count). The summed E-state index contributed by atoms with van der Waals surface area (Å²) in [4.78, 5) is 32.6. The number of nitrogens with one attached hydrogen (secondary N) is 1. The Balaban J connectivity index is 2.04. The predicted octanol–water partition coefficient (Wildman–Crippen LogP) is 2.03. The zero-order chi connectivity index (χ0) is 17.7. The minimum atomic E-state index is -0.978. The Morgan fingerprint density at radius 1 is 1.38 bits per heavy atom. The van der Waals surface area contributed by atoms with Crippen LogP contribution in [0.25, 0.3) is 0 Å². The Morgan fingerprint density at radius 2 is 2.12 bits per heavy atom. The van der Waals surface area contributed by atoms with Gasteiger partial charge in [-0.3, -0.25) is 4.99 Å². The lowest BCUT2D eigenvalue weighted by atomic mass is 10.2. The number of hydrogen-bond acceptors (Lipinski definition) is 8. The Hall–Kier alpha value is -1.74. The average molecular weight is 416 g/mol. The van der Waals surface area contributed by atoms with Gasteiger partial charge in [0.15, 0.2) is 16.9 Å². The average Bonchev–Trinajstić information content (AvgIpc) is 3.07. The van der Waals surface area contributed by atoms with Crippen LogP contribution in [0.15, 0.2) is 27.8 Å². The smallest absolute Gasteiger partial charge is 0.347 e. The van der Waals surface area contributed by atoms with Crippen molar-refractivity contribution in [1.82, 2.24) is 10.3 Å². The van der Waals surface area contributed by atoms with E-state index in [-0.39, 0.29) is 12.6 Å². The molecule has 1 unspecified atom stereocenters. The molecule has 1 atom stereocenters. The van der Waals surface area contributed by atoms with Crippen LogP contribution in [0.2, 0.25) is 0 Å². The van der Waals surface area contributed by atoms with Crippen LogP contribution in [0.4, 0.5) is 0 Å². The van der Waals surface area contributed by atoms with Gasteiger partial charge in [-0.25, -0.2) is 14.6 Å². The second-order valence-electron chi connectivity index (χ2n) is 5.25. The highest BCUT2D eigenvalue weighted by molar-refractivity contribution is 9.09. The Kier molecular flexibility index (Phi) is 6.50. The van der Waals surface area contributed by atoms with Crippen LogP contribution >= 0.6 is 27.3 Å². The number of allylic oxidation sites excluding steroid dienone is 1. The zero-order valence-electron chi connectivity index (χ0n) is 13.5. The number of nitrogens with zero attached hydrogens (tertiary/aromatic N) is 2. The number of aliphatic imine (C=N–C) groups is 1. The van der Waals surface area contributed by atoms with Gasteiger partial charge in [0.25, 0.3) is 0 Å². The lowest BCUT2D eigenvalue weighted by Gasteiger charge is -2.21. The Labute approximate surface area is 152 Å². The molecule has 0 radical (unpaired) electrons. The maximum Gasteiger partial charge on any atom is 0.347 e. The number of thiazole rings is 1. The summed E-state index contributed by atoms with van der Waals surface area (Å²) in [6.45, 7) is 5.11. The second kappa shape index (κ2) is 8.39. The number of aromatic nitrogens is 1. The third-order valence-corrected chi connectivity index (χ3v) is 4.35. The van der Waals surface area contributed by atoms with Gasteiger partial charge in [0.1, 0.15) is 0 Å². The zero-order valence-corrected chi connectivity index (χ0v) is 15.9. The molecule has 130 valence electrons. The van der Waals surface area contributed by atoms with Crippen molar-refractivity contribution in [3.63, 3.8) is 0 Å². The molecule has 1 aliphatic rings. The van der Waals surface area contributed by atoms with Crippen molar-refractivity contribution < 1.29 is 19.1 Å². The molecule has 0 aromatic carbocycles. The van der Waals surface area contributed by atoms with E-state index < -0.39 is 18.0 Å². The van der Waals surface area contributed by atoms with Crippen LogP contribution in [0.5, 0.6) is 0 Å². The SMILES string of the molecule is CC(C)OC(=O)C(C)OC(=O)C1=C(CBr)NC(c2nccs2)=NC1. The number of carbonyl (C=O) groups excluding carboxylic acids is 2. The molecule has 7 nitrogen and oxygen atoms in total. The van der Waals surface area contributed by atoms with E-state index in [0.717, 1.165) is 5.01 Å². The lowest BCUT2D eigenvalue weighted by molar-refractivity contribution is -0.167. The van der Waals surface area contributed by atoms with Crippen molar-refractivity contribution in [3.05, 3.63) is 27.9 Å². The third-order valence-electron chi connectivity index (χ3n) is 3.01. The number of carbonyl (C=O) groups is 2. The summed E-state index contributed by atoms with van der Waals surface area (Å²) in [5.74, 6) is -0.551. The van der Waals surface area contributed by atoms with Crippen molar-refractivity contribution in [3.8, 4) is 0 Å². The number of hydrogen-bond donors (Lipinski definition) is 1. The topological polar surface area (TPSA) is 89.9 Å². The highest BCUT2D eigenvalue weighted by Gasteiger charge is 2.27. The molecule has 0 amide bonds. The normalized spacial score (nSPS) is 15.6. The van der Waals surface area contributed by atoms with Crippen LogP contribution in [-0.4, -0.2) is 46.8 Å². The molecule has 0 saturated heterocycles. The van der Waals surface area contributed by atoms with Crippen LogP contribution in [0.3, 0.4) is 0 Å². The van der Waals surface area contributed by atoms with E-state index in [2.05, 4.69) is 31.2 Å². The van der Waals surface area contributed by atoms with Gasteiger partial charge in [-0.15, -0.1) is 11.3 Å². The van der Waals surface area contributed by atoms with Gasteiger partial charge in [0.2, 0.25) is 0 Å². The summed E-state index contributed by atoms with van der Waals surface area (Å²) in [7, 11) is 0. The number of esters is 2. The largest absolute Gasteiger partial charge is 0.460 e. The standard InChI is InChI=1S/C15H18BrN3O4S/c1-8(2)22-14(20)9(3)23-15(21)10-7-18-12(19-11(10)6-16)13-17-4-5-24-13/h4-5,8-9H,6-7H2,1-3H3,(H,18,19). The van der Waals surface area contributed by atoms with Crippen molar-refractivity contribution >= 4 is 45.0 Å². The van der Waals surface area contributed by atoms with E-state index in [1.807, 2.05) is 5.38 Å². The van der Waals surface area contributed by atoms with Gasteiger partial charge in [-0.2, -0.15) is 0 Å². The number of ether oxygens (including phenoxy) is 2. The Bertz CT molecular complexity index is 670. The van der Waals surface area contributed by atoms with Crippen LogP contribution in [0, 0.1) is 0 Å². The van der Waals surface area contributed by atoms with Crippen LogP contribution < -0.4 is 5.32 Å². The quantitative estimate of drug-likeness (QED) is 0.564. The monoisotopic (exact) mass is 415 g/mol. The molecule has 0 saturated carbocycles. The number of amidine groups is 1. The lowest BCUT2D eigenvalue weighted by Crippen LogP contribution is -2.35. The van der Waals surface area contributed by atoms with Gasteiger partial charge in [0.05, 0.1) is 18.2 Å². The maximum absolute atomic E-state index is 12.3. The number of halogens is 1. The molecule has 2 heterocycles. The molecule has 9 heteroatoms. The fourth-order valence-electron chi connectivity index (χ4n) is 1.88. The van der Waals surface area contributed by atoms with Gasteiger partial charge in [0, 0.05) is 22.6 Å². The first-order valence-corrected chi connectivity index (χ1v) is 9.33. The molecule has 24 heavy (non-hydrogen) atoms. The summed E-state index contributed by atoms with van der Waals surface area (Å²) >= 11 is 4.80. The van der Waals surface area contributed by atoms with Crippen LogP contribution in [-0.2, 0) is 19.1 Å². The van der Waals surface area contributed by atoms with Gasteiger partial charge >= 0.3 is 11.9 Å². The Morgan fingerprint density at radius 3 is 2.71 bits per heavy atom. The van der Waals surface area contributed by atoms with Crippen LogP contribution in [0.1, 0.15) is 25.8 Å². The molecule has 0 fully saturated rings. The summed E-state index contributed by atoms with van der Waals surface area (Å²) in [5.41, 5.74) is 1.01. The summed E-state index contributed by atoms with van der Waals surface area (Å²) in [6.07, 6.45) is 0.444. The van der Waals surface area contributed by atoms with E-state index in [4.69, 9.17) is 9.47 Å². The molecule has 1 N–H and O–H groups in total. The summed E-state index contributed by atoms with van der Waals surface area (Å²) in [6, 6.07) is 0. The molecule has 0 bridgehead atoms. The minimum absolute atomic E-state index is 0.160. The van der Waals surface area contributed by atoms with E-state index in [0.29, 0.717) is 22.4 Å². The van der Waals surface area contributed by atoms with E-state index in [1.165, 1.54) is 18.3 Å². The molecule has 0 spiro atoms. The first-order chi connectivity index (χ1) is 11.4. The van der Waals surface area contributed by atoms with Gasteiger partial charge < -0.3 is 14.8 Å². The van der Waals surface area contributed by atoms with Crippen molar-refractivity contribution in [2.75, 3.05) is 11.9 Å². The van der Waals surface area contributed by atoms with Crippen molar-refractivity contribution in [2.24, 2.45) is 4.99 Å².